The molecule has 0 aliphatic carbocycles. The van der Waals surface area contributed by atoms with E-state index >= 15 is 0 Å². The van der Waals surface area contributed by atoms with Gasteiger partial charge in [0, 0.05) is 12.0 Å². The first-order valence-corrected chi connectivity index (χ1v) is 7.18. The van der Waals surface area contributed by atoms with Gasteiger partial charge in [0.1, 0.15) is 11.6 Å². The molecule has 0 N–H and O–H groups in total. The summed E-state index contributed by atoms with van der Waals surface area (Å²) in [4.78, 5) is 12.2. The second-order valence-corrected chi connectivity index (χ2v) is 5.10. The molecule has 2 nitrogen and oxygen atoms in total. The van der Waals surface area contributed by atoms with Crippen LogP contribution in [0.5, 0.6) is 5.75 Å². The summed E-state index contributed by atoms with van der Waals surface area (Å²) in [6, 6.07) is 11.6. The SMILES string of the molecule is CCCOc1cccc(C(=O)Cc2cccc(Cl)c2F)c1. The Balaban J connectivity index is 2.15. The average Bonchev–Trinajstić information content (AvgIpc) is 2.50. The average molecular weight is 307 g/mol. The maximum absolute atomic E-state index is 13.8. The van der Waals surface area contributed by atoms with Crippen LogP contribution in [0.2, 0.25) is 5.02 Å². The molecule has 0 spiro atoms. The van der Waals surface area contributed by atoms with Crippen LogP contribution >= 0.6 is 11.6 Å². The minimum absolute atomic E-state index is 0.0242. The molecule has 0 amide bonds. The monoisotopic (exact) mass is 306 g/mol. The standard InChI is InChI=1S/C17H16ClFO2/c1-2-9-21-14-7-3-5-12(10-14)16(20)11-13-6-4-8-15(18)17(13)19/h3-8,10H,2,9,11H2,1H3. The molecule has 0 aliphatic rings. The van der Waals surface area contributed by atoms with Crippen LogP contribution in [0, 0.1) is 5.82 Å². The summed E-state index contributed by atoms with van der Waals surface area (Å²) in [5, 5.41) is 0.0281. The van der Waals surface area contributed by atoms with Crippen LogP contribution in [0.4, 0.5) is 4.39 Å². The van der Waals surface area contributed by atoms with Crippen molar-refractivity contribution in [2.75, 3.05) is 6.61 Å². The molecule has 110 valence electrons. The Morgan fingerprint density at radius 3 is 2.76 bits per heavy atom. The highest BCUT2D eigenvalue weighted by molar-refractivity contribution is 6.30. The zero-order valence-corrected chi connectivity index (χ0v) is 12.5. The molecule has 0 saturated heterocycles. The van der Waals surface area contributed by atoms with E-state index in [1.54, 1.807) is 36.4 Å². The number of carbonyl (C=O) groups excluding carboxylic acids is 1. The van der Waals surface area contributed by atoms with Crippen molar-refractivity contribution >= 4 is 17.4 Å². The molecule has 0 bridgehead atoms. The van der Waals surface area contributed by atoms with Gasteiger partial charge >= 0.3 is 0 Å². The van der Waals surface area contributed by atoms with Crippen LogP contribution < -0.4 is 4.74 Å². The summed E-state index contributed by atoms with van der Waals surface area (Å²) in [7, 11) is 0. The van der Waals surface area contributed by atoms with Gasteiger partial charge in [0.15, 0.2) is 5.78 Å². The third kappa shape index (κ3) is 4.05. The Hall–Kier alpha value is -1.87. The van der Waals surface area contributed by atoms with Crippen molar-refractivity contribution in [3.63, 3.8) is 0 Å². The molecular weight excluding hydrogens is 291 g/mol. The Bertz CT molecular complexity index is 640. The van der Waals surface area contributed by atoms with Crippen molar-refractivity contribution < 1.29 is 13.9 Å². The lowest BCUT2D eigenvalue weighted by molar-refractivity contribution is 0.0991. The van der Waals surface area contributed by atoms with Crippen LogP contribution in [0.1, 0.15) is 29.3 Å². The maximum atomic E-state index is 13.8. The van der Waals surface area contributed by atoms with Crippen LogP contribution in [0.3, 0.4) is 0 Å². The van der Waals surface area contributed by atoms with E-state index in [0.717, 1.165) is 6.42 Å². The Kier molecular flexibility index (Phi) is 5.34. The molecule has 0 radical (unpaired) electrons. The molecule has 4 heteroatoms. The Morgan fingerprint density at radius 2 is 2.00 bits per heavy atom. The topological polar surface area (TPSA) is 26.3 Å². The van der Waals surface area contributed by atoms with Crippen LogP contribution in [0.15, 0.2) is 42.5 Å². The molecule has 0 atom stereocenters. The summed E-state index contributed by atoms with van der Waals surface area (Å²) in [6.07, 6.45) is 0.871. The largest absolute Gasteiger partial charge is 0.494 e. The predicted molar refractivity (Wildman–Crippen MR) is 81.7 cm³/mol. The van der Waals surface area contributed by atoms with E-state index in [0.29, 0.717) is 23.5 Å². The lowest BCUT2D eigenvalue weighted by Crippen LogP contribution is -2.06. The Labute approximate surface area is 128 Å². The van der Waals surface area contributed by atoms with Crippen LogP contribution in [-0.2, 0) is 6.42 Å². The van der Waals surface area contributed by atoms with E-state index < -0.39 is 5.82 Å². The fourth-order valence-corrected chi connectivity index (χ4v) is 2.13. The van der Waals surface area contributed by atoms with Gasteiger partial charge in [-0.05, 0) is 30.2 Å². The van der Waals surface area contributed by atoms with Gasteiger partial charge in [-0.25, -0.2) is 4.39 Å². The minimum atomic E-state index is -0.536. The zero-order chi connectivity index (χ0) is 15.2. The van der Waals surface area contributed by atoms with Gasteiger partial charge < -0.3 is 4.74 Å². The number of ketones is 1. The zero-order valence-electron chi connectivity index (χ0n) is 11.7. The predicted octanol–water partition coefficient (Wildman–Crippen LogP) is 4.69. The summed E-state index contributed by atoms with van der Waals surface area (Å²) >= 11 is 5.72. The quantitative estimate of drug-likeness (QED) is 0.723. The van der Waals surface area contributed by atoms with E-state index in [-0.39, 0.29) is 17.2 Å². The smallest absolute Gasteiger partial charge is 0.167 e. The van der Waals surface area contributed by atoms with E-state index in [1.165, 1.54) is 6.07 Å². The van der Waals surface area contributed by atoms with Crippen molar-refractivity contribution in [3.8, 4) is 5.75 Å². The molecule has 0 saturated carbocycles. The number of carbonyl (C=O) groups is 1. The molecule has 0 unspecified atom stereocenters. The molecule has 21 heavy (non-hydrogen) atoms. The van der Waals surface area contributed by atoms with Gasteiger partial charge in [-0.1, -0.05) is 42.8 Å². The fourth-order valence-electron chi connectivity index (χ4n) is 1.94. The van der Waals surface area contributed by atoms with Crippen molar-refractivity contribution in [1.82, 2.24) is 0 Å². The molecule has 0 heterocycles. The van der Waals surface area contributed by atoms with Crippen molar-refractivity contribution in [3.05, 3.63) is 64.4 Å². The molecular formula is C17H16ClFO2. The van der Waals surface area contributed by atoms with Crippen molar-refractivity contribution in [1.29, 1.82) is 0 Å². The first kappa shape index (κ1) is 15.5. The first-order chi connectivity index (χ1) is 10.1. The van der Waals surface area contributed by atoms with Crippen molar-refractivity contribution in [2.24, 2.45) is 0 Å². The highest BCUT2D eigenvalue weighted by Crippen LogP contribution is 2.20. The lowest BCUT2D eigenvalue weighted by Gasteiger charge is -2.07. The third-order valence-electron chi connectivity index (χ3n) is 3.01. The number of hydrogen-bond acceptors (Lipinski definition) is 2. The second kappa shape index (κ2) is 7.23. The molecule has 0 aromatic heterocycles. The first-order valence-electron chi connectivity index (χ1n) is 6.80. The number of rotatable bonds is 6. The molecule has 0 fully saturated rings. The van der Waals surface area contributed by atoms with Gasteiger partial charge in [-0.15, -0.1) is 0 Å². The number of benzene rings is 2. The summed E-state index contributed by atoms with van der Waals surface area (Å²) in [6.45, 7) is 2.61. The second-order valence-electron chi connectivity index (χ2n) is 4.69. The van der Waals surface area contributed by atoms with Gasteiger partial charge in [0.05, 0.1) is 11.6 Å². The number of Topliss-reactive ketones (excluding diaryl/α,β-unsaturated/α-hetero) is 1. The van der Waals surface area contributed by atoms with Crippen molar-refractivity contribution in [2.45, 2.75) is 19.8 Å². The van der Waals surface area contributed by atoms with Crippen LogP contribution in [0.25, 0.3) is 0 Å². The molecule has 2 aromatic rings. The number of hydrogen-bond donors (Lipinski definition) is 0. The highest BCUT2D eigenvalue weighted by Gasteiger charge is 2.13. The van der Waals surface area contributed by atoms with E-state index in [9.17, 15) is 9.18 Å². The fraction of sp³-hybridized carbons (Fsp3) is 0.235. The van der Waals surface area contributed by atoms with Gasteiger partial charge in [-0.2, -0.15) is 0 Å². The van der Waals surface area contributed by atoms with E-state index in [1.807, 2.05) is 6.92 Å². The minimum Gasteiger partial charge on any atom is -0.494 e. The molecule has 2 rings (SSSR count). The lowest BCUT2D eigenvalue weighted by atomic mass is 10.0. The van der Waals surface area contributed by atoms with Gasteiger partial charge in [-0.3, -0.25) is 4.79 Å². The van der Waals surface area contributed by atoms with Gasteiger partial charge in [0.25, 0.3) is 0 Å². The summed E-state index contributed by atoms with van der Waals surface area (Å²) < 4.78 is 19.3. The summed E-state index contributed by atoms with van der Waals surface area (Å²) in [5.41, 5.74) is 0.801. The Morgan fingerprint density at radius 1 is 1.24 bits per heavy atom. The maximum Gasteiger partial charge on any atom is 0.167 e. The van der Waals surface area contributed by atoms with Gasteiger partial charge in [0.2, 0.25) is 0 Å². The van der Waals surface area contributed by atoms with E-state index in [2.05, 4.69) is 0 Å². The van der Waals surface area contributed by atoms with Crippen LogP contribution in [-0.4, -0.2) is 12.4 Å². The third-order valence-corrected chi connectivity index (χ3v) is 3.30. The number of ether oxygens (including phenoxy) is 1. The highest BCUT2D eigenvalue weighted by atomic mass is 35.5. The van der Waals surface area contributed by atoms with E-state index in [4.69, 9.17) is 16.3 Å². The molecule has 0 aliphatic heterocycles. The number of halogens is 2. The molecule has 2 aromatic carbocycles. The summed E-state index contributed by atoms with van der Waals surface area (Å²) in [5.74, 6) is -0.0571. The normalized spacial score (nSPS) is 10.4.